The molecule has 2 aliphatic rings. The Hall–Kier alpha value is -1.27. The van der Waals surface area contributed by atoms with Crippen molar-refractivity contribution >= 4 is 23.2 Å². The summed E-state index contributed by atoms with van der Waals surface area (Å²) < 4.78 is 0. The van der Waals surface area contributed by atoms with E-state index in [1.165, 1.54) is 4.90 Å². The molecule has 5 nitrogen and oxygen atoms in total. The number of aromatic nitrogens is 1. The Balaban J connectivity index is 1.60. The van der Waals surface area contributed by atoms with Crippen molar-refractivity contribution in [3.05, 3.63) is 16.1 Å². The quantitative estimate of drug-likeness (QED) is 0.819. The molecule has 1 unspecified atom stereocenters. The van der Waals surface area contributed by atoms with Gasteiger partial charge in [-0.3, -0.25) is 19.8 Å². The molecule has 2 heterocycles. The molecule has 1 aliphatic heterocycles. The number of carbonyl (C=O) groups is 2. The molecule has 0 spiro atoms. The number of carbonyl (C=O) groups excluding carboxylic acids is 2. The number of hydrogen-bond acceptors (Lipinski definition) is 5. The standard InChI is InChI=1S/C12H15N3O2S/c1-7-6-18-10(14-7)5-13-9-4-11(16)15(12(9)17)8-2-3-8/h6,8-9,13H,2-5H2,1H3. The molecule has 0 bridgehead atoms. The average Bonchev–Trinajstić information content (AvgIpc) is 3.00. The van der Waals surface area contributed by atoms with Gasteiger partial charge >= 0.3 is 0 Å². The Labute approximate surface area is 109 Å². The van der Waals surface area contributed by atoms with Crippen molar-refractivity contribution in [1.82, 2.24) is 15.2 Å². The summed E-state index contributed by atoms with van der Waals surface area (Å²) in [6.07, 6.45) is 2.23. The first-order chi connectivity index (χ1) is 8.65. The molecular weight excluding hydrogens is 250 g/mol. The summed E-state index contributed by atoms with van der Waals surface area (Å²) in [5.74, 6) is -0.0916. The van der Waals surface area contributed by atoms with Crippen LogP contribution in [0.4, 0.5) is 0 Å². The minimum Gasteiger partial charge on any atom is -0.299 e. The molecule has 1 N–H and O–H groups in total. The second kappa shape index (κ2) is 4.44. The second-order valence-corrected chi connectivity index (χ2v) is 5.80. The van der Waals surface area contributed by atoms with E-state index in [1.54, 1.807) is 11.3 Å². The first-order valence-electron chi connectivity index (χ1n) is 6.15. The van der Waals surface area contributed by atoms with E-state index in [9.17, 15) is 9.59 Å². The maximum atomic E-state index is 12.0. The summed E-state index contributed by atoms with van der Waals surface area (Å²) in [6.45, 7) is 2.50. The van der Waals surface area contributed by atoms with Gasteiger partial charge in [-0.05, 0) is 19.8 Å². The van der Waals surface area contributed by atoms with Crippen LogP contribution in [0, 0.1) is 6.92 Å². The number of likely N-dealkylation sites (tertiary alicyclic amines) is 1. The number of amides is 2. The van der Waals surface area contributed by atoms with Crippen LogP contribution in [0.5, 0.6) is 0 Å². The van der Waals surface area contributed by atoms with Gasteiger partial charge in [0.2, 0.25) is 11.8 Å². The summed E-state index contributed by atoms with van der Waals surface area (Å²) in [7, 11) is 0. The predicted octanol–water partition coefficient (Wildman–Crippen LogP) is 0.831. The number of aryl methyl sites for hydroxylation is 1. The molecule has 1 saturated heterocycles. The highest BCUT2D eigenvalue weighted by Crippen LogP contribution is 2.31. The van der Waals surface area contributed by atoms with Crippen molar-refractivity contribution in [2.24, 2.45) is 0 Å². The first-order valence-corrected chi connectivity index (χ1v) is 7.03. The maximum absolute atomic E-state index is 12.0. The van der Waals surface area contributed by atoms with E-state index in [1.807, 2.05) is 12.3 Å². The van der Waals surface area contributed by atoms with E-state index in [2.05, 4.69) is 10.3 Å². The zero-order valence-electron chi connectivity index (χ0n) is 10.2. The monoisotopic (exact) mass is 265 g/mol. The number of imide groups is 1. The van der Waals surface area contributed by atoms with E-state index < -0.39 is 0 Å². The van der Waals surface area contributed by atoms with Crippen molar-refractivity contribution in [2.75, 3.05) is 0 Å². The molecule has 96 valence electrons. The highest BCUT2D eigenvalue weighted by atomic mass is 32.1. The lowest BCUT2D eigenvalue weighted by Crippen LogP contribution is -2.39. The van der Waals surface area contributed by atoms with E-state index >= 15 is 0 Å². The van der Waals surface area contributed by atoms with Gasteiger partial charge in [0.15, 0.2) is 0 Å². The van der Waals surface area contributed by atoms with Crippen LogP contribution in [-0.4, -0.2) is 33.8 Å². The summed E-state index contributed by atoms with van der Waals surface area (Å²) in [6, 6.07) is -0.179. The van der Waals surface area contributed by atoms with Crippen LogP contribution >= 0.6 is 11.3 Å². The molecule has 1 saturated carbocycles. The molecule has 1 atom stereocenters. The van der Waals surface area contributed by atoms with Crippen LogP contribution in [0.25, 0.3) is 0 Å². The second-order valence-electron chi connectivity index (χ2n) is 4.85. The highest BCUT2D eigenvalue weighted by Gasteiger charge is 2.45. The summed E-state index contributed by atoms with van der Waals surface area (Å²) in [5, 5.41) is 6.08. The lowest BCUT2D eigenvalue weighted by Gasteiger charge is -2.13. The zero-order valence-corrected chi connectivity index (χ0v) is 11.0. The molecule has 0 aromatic carbocycles. The molecule has 1 aromatic heterocycles. The number of rotatable bonds is 4. The van der Waals surface area contributed by atoms with Gasteiger partial charge in [-0.1, -0.05) is 0 Å². The Kier molecular flexibility index (Phi) is 2.91. The van der Waals surface area contributed by atoms with Crippen LogP contribution in [0.1, 0.15) is 30.0 Å². The van der Waals surface area contributed by atoms with E-state index in [0.29, 0.717) is 13.0 Å². The van der Waals surface area contributed by atoms with Crippen molar-refractivity contribution < 1.29 is 9.59 Å². The molecule has 18 heavy (non-hydrogen) atoms. The minimum absolute atomic E-state index is 0.0321. The third-order valence-electron chi connectivity index (χ3n) is 3.26. The van der Waals surface area contributed by atoms with Crippen molar-refractivity contribution in [2.45, 2.75) is 44.8 Å². The smallest absolute Gasteiger partial charge is 0.247 e. The Morgan fingerprint density at radius 2 is 2.28 bits per heavy atom. The highest BCUT2D eigenvalue weighted by molar-refractivity contribution is 7.09. The minimum atomic E-state index is -0.359. The SMILES string of the molecule is Cc1csc(CNC2CC(=O)N(C3CC3)C2=O)n1. The summed E-state index contributed by atoms with van der Waals surface area (Å²) >= 11 is 1.57. The molecule has 6 heteroatoms. The Bertz CT molecular complexity index is 495. The topological polar surface area (TPSA) is 62.3 Å². The number of nitrogens with zero attached hydrogens (tertiary/aromatic N) is 2. The lowest BCUT2D eigenvalue weighted by molar-refractivity contribution is -0.139. The lowest BCUT2D eigenvalue weighted by atomic mass is 10.2. The third kappa shape index (κ3) is 2.18. The van der Waals surface area contributed by atoms with Crippen LogP contribution in [0.3, 0.4) is 0 Å². The van der Waals surface area contributed by atoms with Gasteiger partial charge < -0.3 is 0 Å². The maximum Gasteiger partial charge on any atom is 0.247 e. The largest absolute Gasteiger partial charge is 0.299 e. The van der Waals surface area contributed by atoms with Gasteiger partial charge in [0, 0.05) is 23.7 Å². The van der Waals surface area contributed by atoms with Gasteiger partial charge in [-0.2, -0.15) is 0 Å². The summed E-state index contributed by atoms with van der Waals surface area (Å²) in [5.41, 5.74) is 0.991. The average molecular weight is 265 g/mol. The van der Waals surface area contributed by atoms with Gasteiger partial charge in [-0.25, -0.2) is 4.98 Å². The van der Waals surface area contributed by atoms with Crippen LogP contribution in [0.15, 0.2) is 5.38 Å². The zero-order chi connectivity index (χ0) is 12.7. The molecule has 1 aliphatic carbocycles. The van der Waals surface area contributed by atoms with E-state index in [-0.39, 0.29) is 23.9 Å². The van der Waals surface area contributed by atoms with Crippen molar-refractivity contribution in [3.63, 3.8) is 0 Å². The molecule has 0 radical (unpaired) electrons. The summed E-state index contributed by atoms with van der Waals surface area (Å²) in [4.78, 5) is 29.6. The molecule has 1 aromatic rings. The van der Waals surface area contributed by atoms with E-state index in [0.717, 1.165) is 23.5 Å². The van der Waals surface area contributed by atoms with Crippen LogP contribution < -0.4 is 5.32 Å². The van der Waals surface area contributed by atoms with Crippen molar-refractivity contribution in [3.8, 4) is 0 Å². The Morgan fingerprint density at radius 1 is 1.50 bits per heavy atom. The normalized spacial score (nSPS) is 24.1. The fourth-order valence-electron chi connectivity index (χ4n) is 2.22. The van der Waals surface area contributed by atoms with Gasteiger partial charge in [0.1, 0.15) is 5.01 Å². The van der Waals surface area contributed by atoms with Crippen LogP contribution in [0.2, 0.25) is 0 Å². The van der Waals surface area contributed by atoms with Gasteiger partial charge in [0.05, 0.1) is 12.5 Å². The number of thiazole rings is 1. The Morgan fingerprint density at radius 3 is 2.89 bits per heavy atom. The fraction of sp³-hybridized carbons (Fsp3) is 0.583. The molecule has 2 amide bonds. The molecular formula is C12H15N3O2S. The predicted molar refractivity (Wildman–Crippen MR) is 67.0 cm³/mol. The van der Waals surface area contributed by atoms with Crippen LogP contribution in [-0.2, 0) is 16.1 Å². The number of nitrogens with one attached hydrogen (secondary N) is 1. The number of hydrogen-bond donors (Lipinski definition) is 1. The van der Waals surface area contributed by atoms with Crippen molar-refractivity contribution in [1.29, 1.82) is 0 Å². The van der Waals surface area contributed by atoms with E-state index in [4.69, 9.17) is 0 Å². The fourth-order valence-corrected chi connectivity index (χ4v) is 2.94. The third-order valence-corrected chi connectivity index (χ3v) is 4.23. The molecule has 3 rings (SSSR count). The van der Waals surface area contributed by atoms with Gasteiger partial charge in [0.25, 0.3) is 0 Å². The first kappa shape index (κ1) is 11.8. The molecule has 2 fully saturated rings. The van der Waals surface area contributed by atoms with Gasteiger partial charge in [-0.15, -0.1) is 11.3 Å².